The van der Waals surface area contributed by atoms with Crippen LogP contribution < -0.4 is 4.74 Å². The molecule has 2 aliphatic rings. The summed E-state index contributed by atoms with van der Waals surface area (Å²) < 4.78 is 7.50. The van der Waals surface area contributed by atoms with E-state index >= 15 is 0 Å². The van der Waals surface area contributed by atoms with Crippen molar-refractivity contribution in [1.29, 1.82) is 0 Å². The number of amides is 3. The maximum absolute atomic E-state index is 12.8. The molecule has 2 fully saturated rings. The highest BCUT2D eigenvalue weighted by Gasteiger charge is 2.37. The first-order valence-electron chi connectivity index (χ1n) is 10.7. The number of nitrogens with zero attached hydrogens (tertiary/aromatic N) is 2. The van der Waals surface area contributed by atoms with Crippen LogP contribution in [0.15, 0.2) is 50.2 Å². The molecule has 2 aliphatic heterocycles. The zero-order valence-corrected chi connectivity index (χ0v) is 22.8. The van der Waals surface area contributed by atoms with E-state index in [-0.39, 0.29) is 17.4 Å². The number of thioether (sulfide) groups is 1. The number of hydrogen-bond donors (Lipinski definition) is 0. The van der Waals surface area contributed by atoms with Crippen LogP contribution in [0.1, 0.15) is 30.4 Å². The Labute approximate surface area is 223 Å². The highest BCUT2D eigenvalue weighted by molar-refractivity contribution is 9.10. The van der Waals surface area contributed by atoms with Gasteiger partial charge in [-0.3, -0.25) is 19.3 Å². The third-order valence-electron chi connectivity index (χ3n) is 5.49. The number of likely N-dealkylation sites (tertiary alicyclic amines) is 1. The first-order chi connectivity index (χ1) is 16.3. The molecule has 0 aliphatic carbocycles. The number of benzene rings is 2. The van der Waals surface area contributed by atoms with Gasteiger partial charge in [-0.25, -0.2) is 0 Å². The Morgan fingerprint density at radius 2 is 1.79 bits per heavy atom. The molecule has 3 amide bonds. The van der Waals surface area contributed by atoms with Crippen molar-refractivity contribution < 1.29 is 19.1 Å². The molecule has 34 heavy (non-hydrogen) atoms. The van der Waals surface area contributed by atoms with Crippen molar-refractivity contribution in [3.63, 3.8) is 0 Å². The van der Waals surface area contributed by atoms with Crippen LogP contribution in [-0.2, 0) is 16.2 Å². The molecule has 0 unspecified atom stereocenters. The van der Waals surface area contributed by atoms with Gasteiger partial charge in [0.15, 0.2) is 5.75 Å². The highest BCUT2D eigenvalue weighted by Crippen LogP contribution is 2.38. The average Bonchev–Trinajstić information content (AvgIpc) is 3.07. The molecular formula is C24H21Br2ClN2O4S. The van der Waals surface area contributed by atoms with E-state index in [0.29, 0.717) is 40.5 Å². The molecular weight excluding hydrogens is 608 g/mol. The van der Waals surface area contributed by atoms with Gasteiger partial charge in [-0.1, -0.05) is 39.7 Å². The molecule has 178 valence electrons. The van der Waals surface area contributed by atoms with E-state index in [2.05, 4.69) is 31.9 Å². The van der Waals surface area contributed by atoms with Crippen LogP contribution in [0.4, 0.5) is 4.79 Å². The lowest BCUT2D eigenvalue weighted by atomic mass is 10.1. The fourth-order valence-corrected chi connectivity index (χ4v) is 5.79. The number of imide groups is 1. The smallest absolute Gasteiger partial charge is 0.294 e. The third kappa shape index (κ3) is 6.05. The first-order valence-corrected chi connectivity index (χ1v) is 13.5. The van der Waals surface area contributed by atoms with Crippen molar-refractivity contribution in [2.24, 2.45) is 0 Å². The van der Waals surface area contributed by atoms with Crippen molar-refractivity contribution in [1.82, 2.24) is 9.80 Å². The van der Waals surface area contributed by atoms with Crippen LogP contribution in [0.3, 0.4) is 0 Å². The van der Waals surface area contributed by atoms with Crippen molar-refractivity contribution >= 4 is 78.4 Å². The molecule has 10 heteroatoms. The minimum Gasteiger partial charge on any atom is -0.486 e. The second-order valence-electron chi connectivity index (χ2n) is 7.94. The summed E-state index contributed by atoms with van der Waals surface area (Å²) in [6, 6.07) is 11.2. The fraction of sp³-hybridized carbons (Fsp3) is 0.292. The lowest BCUT2D eigenvalue weighted by molar-refractivity contribution is -0.136. The molecule has 0 spiro atoms. The Hall–Kier alpha value is -1.81. The molecule has 2 saturated heterocycles. The van der Waals surface area contributed by atoms with E-state index in [4.69, 9.17) is 16.3 Å². The Morgan fingerprint density at radius 1 is 1.09 bits per heavy atom. The molecule has 0 N–H and O–H groups in total. The topological polar surface area (TPSA) is 66.9 Å². The lowest BCUT2D eigenvalue weighted by Gasteiger charge is -2.27. The Bertz CT molecular complexity index is 1130. The predicted octanol–water partition coefficient (Wildman–Crippen LogP) is 6.49. The minimum atomic E-state index is -0.469. The normalized spacial score (nSPS) is 17.6. The van der Waals surface area contributed by atoms with E-state index in [1.807, 2.05) is 24.3 Å². The number of carbonyl (C=O) groups excluding carboxylic acids is 3. The fourth-order valence-electron chi connectivity index (χ4n) is 3.70. The van der Waals surface area contributed by atoms with Gasteiger partial charge in [0.2, 0.25) is 5.91 Å². The molecule has 0 atom stereocenters. The zero-order valence-electron chi connectivity index (χ0n) is 18.1. The molecule has 2 aromatic carbocycles. The number of rotatable bonds is 6. The maximum Gasteiger partial charge on any atom is 0.294 e. The lowest BCUT2D eigenvalue weighted by Crippen LogP contribution is -2.44. The third-order valence-corrected chi connectivity index (χ3v) is 7.80. The summed E-state index contributed by atoms with van der Waals surface area (Å²) in [6.07, 6.45) is 4.60. The quantitative estimate of drug-likeness (QED) is 0.342. The van der Waals surface area contributed by atoms with E-state index in [0.717, 1.165) is 46.0 Å². The van der Waals surface area contributed by atoms with Gasteiger partial charge < -0.3 is 9.64 Å². The maximum atomic E-state index is 12.8. The van der Waals surface area contributed by atoms with Gasteiger partial charge in [0.05, 0.1) is 14.4 Å². The summed E-state index contributed by atoms with van der Waals surface area (Å²) in [5.74, 6) is -0.175. The number of halogens is 3. The second-order valence-corrected chi connectivity index (χ2v) is 11.1. The summed E-state index contributed by atoms with van der Waals surface area (Å²) in [6.45, 7) is 1.46. The average molecular weight is 629 g/mol. The van der Waals surface area contributed by atoms with E-state index < -0.39 is 11.1 Å². The SMILES string of the molecule is O=C(CN1C(=O)S/C(=C\c2cc(Cl)c(OCc3ccc(Br)cc3)c(Br)c2)C1=O)N1CCCCC1. The first kappa shape index (κ1) is 25.3. The molecule has 0 saturated carbocycles. The number of hydrogen-bond acceptors (Lipinski definition) is 5. The monoisotopic (exact) mass is 626 g/mol. The van der Waals surface area contributed by atoms with Gasteiger partial charge in [-0.15, -0.1) is 0 Å². The van der Waals surface area contributed by atoms with E-state index in [9.17, 15) is 14.4 Å². The van der Waals surface area contributed by atoms with Crippen LogP contribution in [0, 0.1) is 0 Å². The molecule has 2 aromatic rings. The van der Waals surface area contributed by atoms with Crippen LogP contribution in [0.2, 0.25) is 5.02 Å². The van der Waals surface area contributed by atoms with Crippen molar-refractivity contribution in [3.05, 3.63) is 66.4 Å². The van der Waals surface area contributed by atoms with E-state index in [1.54, 1.807) is 23.1 Å². The summed E-state index contributed by atoms with van der Waals surface area (Å²) in [4.78, 5) is 40.8. The van der Waals surface area contributed by atoms with Gasteiger partial charge in [0.25, 0.3) is 11.1 Å². The molecule has 0 bridgehead atoms. The van der Waals surface area contributed by atoms with Gasteiger partial charge in [0.1, 0.15) is 13.2 Å². The van der Waals surface area contributed by atoms with Crippen molar-refractivity contribution in [3.8, 4) is 5.75 Å². The predicted molar refractivity (Wildman–Crippen MR) is 141 cm³/mol. The highest BCUT2D eigenvalue weighted by atomic mass is 79.9. The van der Waals surface area contributed by atoms with Crippen LogP contribution >= 0.6 is 55.2 Å². The standard InChI is InChI=1S/C24H21Br2ClN2O4S/c25-17-6-4-15(5-7-17)14-33-22-18(26)10-16(11-19(22)27)12-20-23(31)29(24(32)34-20)13-21(30)28-8-2-1-3-9-28/h4-7,10-12H,1-3,8-9,13-14H2/b20-12-. The molecule has 0 aromatic heterocycles. The number of carbonyl (C=O) groups is 3. The number of ether oxygens (including phenoxy) is 1. The van der Waals surface area contributed by atoms with Gasteiger partial charge in [-0.05, 0) is 88.4 Å². The summed E-state index contributed by atoms with van der Waals surface area (Å²) >= 11 is 14.2. The van der Waals surface area contributed by atoms with Crippen LogP contribution in [-0.4, -0.2) is 46.5 Å². The molecule has 0 radical (unpaired) electrons. The Kier molecular flexibility index (Phi) is 8.39. The summed E-state index contributed by atoms with van der Waals surface area (Å²) in [5.41, 5.74) is 1.63. The molecule has 6 nitrogen and oxygen atoms in total. The van der Waals surface area contributed by atoms with Crippen molar-refractivity contribution in [2.45, 2.75) is 25.9 Å². The largest absolute Gasteiger partial charge is 0.486 e. The second kappa shape index (κ2) is 11.3. The minimum absolute atomic E-state index is 0.193. The number of piperidine rings is 1. The zero-order chi connectivity index (χ0) is 24.2. The van der Waals surface area contributed by atoms with Gasteiger partial charge >= 0.3 is 0 Å². The van der Waals surface area contributed by atoms with Crippen LogP contribution in [0.5, 0.6) is 5.75 Å². The summed E-state index contributed by atoms with van der Waals surface area (Å²) in [7, 11) is 0. The van der Waals surface area contributed by atoms with Crippen molar-refractivity contribution in [2.75, 3.05) is 19.6 Å². The molecule has 2 heterocycles. The van der Waals surface area contributed by atoms with Gasteiger partial charge in [0, 0.05) is 17.6 Å². The van der Waals surface area contributed by atoms with Gasteiger partial charge in [-0.2, -0.15) is 0 Å². The molecule has 4 rings (SSSR count). The Morgan fingerprint density at radius 3 is 2.47 bits per heavy atom. The van der Waals surface area contributed by atoms with Crippen LogP contribution in [0.25, 0.3) is 6.08 Å². The Balaban J connectivity index is 1.44. The summed E-state index contributed by atoms with van der Waals surface area (Å²) in [5, 5.41) is -0.0709. The van der Waals surface area contributed by atoms with E-state index in [1.165, 1.54) is 0 Å².